The number of fused-ring (bicyclic) bond motifs is 2. The summed E-state index contributed by atoms with van der Waals surface area (Å²) in [4.78, 5) is 0. The average molecular weight is 423 g/mol. The molecule has 1 nitrogen and oxygen atoms in total. The number of hydrogen-bond donors (Lipinski definition) is 0. The number of rotatable bonds is 2. The lowest BCUT2D eigenvalue weighted by atomic mass is 10.1. The lowest BCUT2D eigenvalue weighted by Gasteiger charge is -2.01. The maximum absolute atomic E-state index is 2.23. The minimum Gasteiger partial charge on any atom is -1.00 e. The number of aryl methyl sites for hydroxylation is 1. The van der Waals surface area contributed by atoms with Gasteiger partial charge in [0.15, 0.2) is 0 Å². The van der Waals surface area contributed by atoms with E-state index in [1.54, 1.807) is 0 Å². The van der Waals surface area contributed by atoms with E-state index in [1.807, 2.05) is 0 Å². The van der Waals surface area contributed by atoms with Crippen LogP contribution in [0.15, 0.2) is 78.9 Å². The zero-order valence-corrected chi connectivity index (χ0v) is 15.6. The fraction of sp³-hybridized carbons (Fsp3) is 0.0455. The third kappa shape index (κ3) is 3.20. The van der Waals surface area contributed by atoms with Gasteiger partial charge in [-0.05, 0) is 40.6 Å². The highest BCUT2D eigenvalue weighted by Gasteiger charge is 2.08. The summed E-state index contributed by atoms with van der Waals surface area (Å²) in [7, 11) is 2.11. The predicted molar refractivity (Wildman–Crippen MR) is 98.0 cm³/mol. The first-order valence-electron chi connectivity index (χ1n) is 7.86. The molecule has 0 amide bonds. The van der Waals surface area contributed by atoms with Gasteiger partial charge in [-0.25, -0.2) is 0 Å². The first-order valence-corrected chi connectivity index (χ1v) is 7.86. The number of benzene rings is 3. The van der Waals surface area contributed by atoms with E-state index >= 15 is 0 Å². The molecule has 0 radical (unpaired) electrons. The molecule has 0 aliphatic rings. The molecule has 0 aliphatic carbocycles. The minimum absolute atomic E-state index is 0. The second kappa shape index (κ2) is 7.14. The van der Waals surface area contributed by atoms with Crippen molar-refractivity contribution >= 4 is 33.8 Å². The quantitative estimate of drug-likeness (QED) is 0.343. The lowest BCUT2D eigenvalue weighted by Crippen LogP contribution is -3.00. The Morgan fingerprint density at radius 2 is 1.33 bits per heavy atom. The Kier molecular flexibility index (Phi) is 4.95. The molecular formula is C22H18IN. The standard InChI is InChI=1S/C22H18N.HI/c1-23-21(15-13-19-7-4-5-9-22(19)23)14-11-17-10-12-18-6-2-3-8-20(18)16-17;/h2-16H,1H3;1H/q+1;/p-1/b14-11+;. The molecule has 1 aromatic heterocycles. The number of hydrogen-bond acceptors (Lipinski definition) is 0. The van der Waals surface area contributed by atoms with Crippen molar-refractivity contribution in [2.75, 3.05) is 0 Å². The maximum atomic E-state index is 2.23. The van der Waals surface area contributed by atoms with Gasteiger partial charge in [0, 0.05) is 23.6 Å². The molecule has 0 N–H and O–H groups in total. The van der Waals surface area contributed by atoms with Gasteiger partial charge in [-0.15, -0.1) is 0 Å². The van der Waals surface area contributed by atoms with Gasteiger partial charge in [0.25, 0.3) is 0 Å². The summed E-state index contributed by atoms with van der Waals surface area (Å²) >= 11 is 0. The second-order valence-corrected chi connectivity index (χ2v) is 5.82. The predicted octanol–water partition coefficient (Wildman–Crippen LogP) is 1.99. The second-order valence-electron chi connectivity index (χ2n) is 5.82. The van der Waals surface area contributed by atoms with Crippen molar-refractivity contribution < 1.29 is 28.5 Å². The molecule has 1 heterocycles. The number of halogens is 1. The maximum Gasteiger partial charge on any atom is 0.212 e. The monoisotopic (exact) mass is 423 g/mol. The van der Waals surface area contributed by atoms with Crippen LogP contribution in [0.3, 0.4) is 0 Å². The summed E-state index contributed by atoms with van der Waals surface area (Å²) in [5.41, 5.74) is 3.65. The van der Waals surface area contributed by atoms with Crippen molar-refractivity contribution in [3.05, 3.63) is 90.1 Å². The molecule has 0 fully saturated rings. The van der Waals surface area contributed by atoms with Gasteiger partial charge in [0.2, 0.25) is 11.2 Å². The van der Waals surface area contributed by atoms with Crippen LogP contribution in [0.4, 0.5) is 0 Å². The molecular weight excluding hydrogens is 405 g/mol. The van der Waals surface area contributed by atoms with E-state index < -0.39 is 0 Å². The number of aromatic nitrogens is 1. The summed E-state index contributed by atoms with van der Waals surface area (Å²) in [6.45, 7) is 0. The van der Waals surface area contributed by atoms with E-state index in [4.69, 9.17) is 0 Å². The van der Waals surface area contributed by atoms with Gasteiger partial charge in [-0.1, -0.05) is 48.5 Å². The van der Waals surface area contributed by atoms with Crippen LogP contribution in [0, 0.1) is 0 Å². The zero-order valence-electron chi connectivity index (χ0n) is 13.5. The lowest BCUT2D eigenvalue weighted by molar-refractivity contribution is -0.646. The van der Waals surface area contributed by atoms with E-state index in [-0.39, 0.29) is 24.0 Å². The third-order valence-corrected chi connectivity index (χ3v) is 4.34. The highest BCUT2D eigenvalue weighted by Crippen LogP contribution is 2.17. The summed E-state index contributed by atoms with van der Waals surface area (Å²) in [5.74, 6) is 0. The van der Waals surface area contributed by atoms with Crippen LogP contribution in [-0.2, 0) is 7.05 Å². The molecule has 118 valence electrons. The first kappa shape index (κ1) is 16.7. The van der Waals surface area contributed by atoms with Crippen molar-refractivity contribution in [3.63, 3.8) is 0 Å². The molecule has 0 saturated carbocycles. The molecule has 0 spiro atoms. The third-order valence-electron chi connectivity index (χ3n) is 4.34. The molecule has 0 bridgehead atoms. The minimum atomic E-state index is 0. The van der Waals surface area contributed by atoms with Crippen LogP contribution in [0.2, 0.25) is 0 Å². The normalized spacial score (nSPS) is 11.0. The van der Waals surface area contributed by atoms with E-state index in [2.05, 4.69) is 103 Å². The summed E-state index contributed by atoms with van der Waals surface area (Å²) in [6, 6.07) is 27.8. The fourth-order valence-corrected chi connectivity index (χ4v) is 3.02. The van der Waals surface area contributed by atoms with Crippen molar-refractivity contribution in [1.29, 1.82) is 0 Å². The van der Waals surface area contributed by atoms with E-state index in [0.29, 0.717) is 0 Å². The molecule has 3 aromatic carbocycles. The molecule has 0 unspecified atom stereocenters. The topological polar surface area (TPSA) is 3.88 Å². The number of para-hydroxylation sites is 1. The molecule has 4 aromatic rings. The smallest absolute Gasteiger partial charge is 0.212 e. The Morgan fingerprint density at radius 3 is 2.17 bits per heavy atom. The molecule has 4 rings (SSSR count). The highest BCUT2D eigenvalue weighted by molar-refractivity contribution is 5.86. The van der Waals surface area contributed by atoms with Gasteiger partial charge in [-0.2, -0.15) is 4.57 Å². The SMILES string of the molecule is C[n+]1c(/C=C/c2ccc3ccccc3c2)ccc2ccccc21.[I-]. The van der Waals surface area contributed by atoms with E-state index in [0.717, 1.165) is 0 Å². The molecule has 0 saturated heterocycles. The van der Waals surface area contributed by atoms with Crippen molar-refractivity contribution in [1.82, 2.24) is 0 Å². The van der Waals surface area contributed by atoms with Crippen LogP contribution in [0.25, 0.3) is 33.8 Å². The fourth-order valence-electron chi connectivity index (χ4n) is 3.02. The summed E-state index contributed by atoms with van der Waals surface area (Å²) in [6.07, 6.45) is 4.35. The van der Waals surface area contributed by atoms with Crippen LogP contribution >= 0.6 is 0 Å². The Bertz CT molecular complexity index is 1030. The number of pyridine rings is 1. The Morgan fingerprint density at radius 1 is 0.667 bits per heavy atom. The average Bonchev–Trinajstić information content (AvgIpc) is 2.61. The Hall–Kier alpha value is -2.20. The van der Waals surface area contributed by atoms with Gasteiger partial charge in [0.05, 0.1) is 0 Å². The van der Waals surface area contributed by atoms with E-state index in [9.17, 15) is 0 Å². The van der Waals surface area contributed by atoms with Gasteiger partial charge >= 0.3 is 0 Å². The van der Waals surface area contributed by atoms with Crippen LogP contribution < -0.4 is 28.5 Å². The Labute approximate surface area is 159 Å². The highest BCUT2D eigenvalue weighted by atomic mass is 127. The van der Waals surface area contributed by atoms with Crippen LogP contribution in [0.5, 0.6) is 0 Å². The van der Waals surface area contributed by atoms with Gasteiger partial charge < -0.3 is 24.0 Å². The van der Waals surface area contributed by atoms with Crippen molar-refractivity contribution in [2.45, 2.75) is 0 Å². The summed E-state index contributed by atoms with van der Waals surface area (Å²) < 4.78 is 2.23. The van der Waals surface area contributed by atoms with Crippen LogP contribution in [0.1, 0.15) is 11.3 Å². The van der Waals surface area contributed by atoms with Crippen molar-refractivity contribution in [3.8, 4) is 0 Å². The van der Waals surface area contributed by atoms with E-state index in [1.165, 1.54) is 32.9 Å². The van der Waals surface area contributed by atoms with Crippen LogP contribution in [-0.4, -0.2) is 0 Å². The summed E-state index contributed by atoms with van der Waals surface area (Å²) in [5, 5.41) is 3.82. The largest absolute Gasteiger partial charge is 1.00 e. The van der Waals surface area contributed by atoms with Gasteiger partial charge in [0.1, 0.15) is 7.05 Å². The Balaban J connectivity index is 0.00000169. The van der Waals surface area contributed by atoms with Crippen molar-refractivity contribution in [2.24, 2.45) is 7.05 Å². The molecule has 2 heteroatoms. The molecule has 0 aliphatic heterocycles. The first-order chi connectivity index (χ1) is 11.3. The van der Waals surface area contributed by atoms with Gasteiger partial charge in [-0.3, -0.25) is 0 Å². The number of nitrogens with zero attached hydrogens (tertiary/aromatic N) is 1. The molecule has 0 atom stereocenters. The molecule has 24 heavy (non-hydrogen) atoms. The zero-order chi connectivity index (χ0) is 15.6.